The van der Waals surface area contributed by atoms with Crippen LogP contribution in [-0.4, -0.2) is 64.2 Å². The van der Waals surface area contributed by atoms with E-state index in [2.05, 4.69) is 22.0 Å². The lowest BCUT2D eigenvalue weighted by Crippen LogP contribution is -2.49. The van der Waals surface area contributed by atoms with Gasteiger partial charge < -0.3 is 9.64 Å². The van der Waals surface area contributed by atoms with Gasteiger partial charge in [-0.2, -0.15) is 5.10 Å². The van der Waals surface area contributed by atoms with Crippen molar-refractivity contribution in [2.75, 3.05) is 26.2 Å². The lowest BCUT2D eigenvalue weighted by Gasteiger charge is -2.34. The van der Waals surface area contributed by atoms with Gasteiger partial charge in [0.2, 0.25) is 0 Å². The van der Waals surface area contributed by atoms with Crippen molar-refractivity contribution in [2.45, 2.75) is 51.4 Å². The van der Waals surface area contributed by atoms with Gasteiger partial charge in [-0.15, -0.1) is 0 Å². The van der Waals surface area contributed by atoms with Crippen LogP contribution in [-0.2, 0) is 11.2 Å². The van der Waals surface area contributed by atoms with Crippen molar-refractivity contribution in [3.8, 4) is 0 Å². The van der Waals surface area contributed by atoms with E-state index in [-0.39, 0.29) is 18.1 Å². The second-order valence-corrected chi connectivity index (χ2v) is 6.82. The minimum atomic E-state index is -0.0143. The Kier molecular flexibility index (Phi) is 3.46. The zero-order valence-electron chi connectivity index (χ0n) is 13.3. The fourth-order valence-electron chi connectivity index (χ4n) is 3.73. The van der Waals surface area contributed by atoms with Crippen LogP contribution in [0.25, 0.3) is 0 Å². The molecule has 1 amide bonds. The quantitative estimate of drug-likeness (QED) is 0.896. The van der Waals surface area contributed by atoms with Crippen molar-refractivity contribution in [3.63, 3.8) is 0 Å². The number of nitrogens with zero attached hydrogens (tertiary/aromatic N) is 3. The van der Waals surface area contributed by atoms with Gasteiger partial charge >= 0.3 is 0 Å². The van der Waals surface area contributed by atoms with Crippen LogP contribution in [0.5, 0.6) is 0 Å². The van der Waals surface area contributed by atoms with Gasteiger partial charge in [0, 0.05) is 44.2 Å². The largest absolute Gasteiger partial charge is 0.369 e. The first kappa shape index (κ1) is 14.2. The molecular weight excluding hydrogens is 280 g/mol. The smallest absolute Gasteiger partial charge is 0.274 e. The van der Waals surface area contributed by atoms with E-state index in [1.54, 1.807) is 0 Å². The van der Waals surface area contributed by atoms with Crippen molar-refractivity contribution >= 4 is 5.91 Å². The molecule has 1 aliphatic carbocycles. The molecule has 1 N–H and O–H groups in total. The third kappa shape index (κ3) is 2.44. The molecule has 0 unspecified atom stereocenters. The van der Waals surface area contributed by atoms with E-state index in [0.717, 1.165) is 49.9 Å². The van der Waals surface area contributed by atoms with Gasteiger partial charge in [-0.05, 0) is 26.7 Å². The zero-order chi connectivity index (χ0) is 15.3. The molecule has 6 nitrogen and oxygen atoms in total. The first-order valence-corrected chi connectivity index (χ1v) is 8.39. The van der Waals surface area contributed by atoms with Gasteiger partial charge in [-0.25, -0.2) is 0 Å². The second-order valence-electron chi connectivity index (χ2n) is 6.82. The summed E-state index contributed by atoms with van der Waals surface area (Å²) < 4.78 is 5.80. The molecule has 2 atom stereocenters. The summed E-state index contributed by atoms with van der Waals surface area (Å²) in [6.07, 6.45) is 3.55. The van der Waals surface area contributed by atoms with Crippen LogP contribution < -0.4 is 0 Å². The number of carbonyl (C=O) groups is 1. The van der Waals surface area contributed by atoms with Crippen LogP contribution in [0.3, 0.4) is 0 Å². The molecule has 3 aliphatic rings. The molecule has 2 fully saturated rings. The van der Waals surface area contributed by atoms with Crippen LogP contribution in [0.1, 0.15) is 54.5 Å². The number of aromatic nitrogens is 2. The molecule has 3 heterocycles. The van der Waals surface area contributed by atoms with E-state index in [1.165, 1.54) is 12.8 Å². The molecule has 22 heavy (non-hydrogen) atoms. The number of rotatable bonds is 2. The zero-order valence-corrected chi connectivity index (χ0v) is 13.3. The molecule has 0 bridgehead atoms. The monoisotopic (exact) mass is 304 g/mol. The lowest BCUT2D eigenvalue weighted by molar-refractivity contribution is -0.00704. The lowest BCUT2D eigenvalue weighted by atomic mass is 9.99. The molecule has 0 radical (unpaired) electrons. The van der Waals surface area contributed by atoms with Gasteiger partial charge in [-0.1, -0.05) is 0 Å². The summed E-state index contributed by atoms with van der Waals surface area (Å²) in [5, 5.41) is 7.34. The first-order chi connectivity index (χ1) is 10.6. The van der Waals surface area contributed by atoms with E-state index in [9.17, 15) is 4.79 Å². The Morgan fingerprint density at radius 2 is 1.95 bits per heavy atom. The van der Waals surface area contributed by atoms with Crippen molar-refractivity contribution in [1.82, 2.24) is 20.0 Å². The number of aromatic amines is 1. The highest BCUT2D eigenvalue weighted by atomic mass is 16.5. The Bertz CT molecular complexity index is 573. The second kappa shape index (κ2) is 5.35. The molecule has 0 aromatic carbocycles. The molecule has 1 saturated heterocycles. The first-order valence-electron chi connectivity index (χ1n) is 8.39. The molecule has 4 rings (SSSR count). The molecule has 1 aromatic heterocycles. The summed E-state index contributed by atoms with van der Waals surface area (Å²) in [5.41, 5.74) is 2.64. The maximum absolute atomic E-state index is 12.8. The van der Waals surface area contributed by atoms with Crippen molar-refractivity contribution in [2.24, 2.45) is 0 Å². The Labute approximate surface area is 130 Å². The molecular formula is C16H24N4O2. The van der Waals surface area contributed by atoms with Crippen LogP contribution in [0, 0.1) is 0 Å². The Hall–Kier alpha value is -1.40. The van der Waals surface area contributed by atoms with Gasteiger partial charge in [-0.3, -0.25) is 14.8 Å². The average Bonchev–Trinajstić information content (AvgIpc) is 3.27. The van der Waals surface area contributed by atoms with E-state index < -0.39 is 0 Å². The minimum Gasteiger partial charge on any atom is -0.369 e. The average molecular weight is 304 g/mol. The fourth-order valence-corrected chi connectivity index (χ4v) is 3.73. The summed E-state index contributed by atoms with van der Waals surface area (Å²) in [6, 6.07) is 0.786. The number of fused-ring (bicyclic) bond motifs is 1. The van der Waals surface area contributed by atoms with Crippen molar-refractivity contribution < 1.29 is 9.53 Å². The molecule has 1 aromatic rings. The predicted octanol–water partition coefficient (Wildman–Crippen LogP) is 1.35. The highest BCUT2D eigenvalue weighted by Crippen LogP contribution is 2.31. The van der Waals surface area contributed by atoms with Gasteiger partial charge in [0.25, 0.3) is 5.91 Å². The number of nitrogens with one attached hydrogen (secondary N) is 1. The topological polar surface area (TPSA) is 61.5 Å². The van der Waals surface area contributed by atoms with Crippen LogP contribution in [0.4, 0.5) is 0 Å². The maximum Gasteiger partial charge on any atom is 0.274 e. The van der Waals surface area contributed by atoms with E-state index in [1.807, 2.05) is 11.8 Å². The van der Waals surface area contributed by atoms with Crippen LogP contribution >= 0.6 is 0 Å². The molecule has 1 saturated carbocycles. The number of amides is 1. The number of hydrogen-bond acceptors (Lipinski definition) is 4. The fraction of sp³-hybridized carbons (Fsp3) is 0.750. The number of piperazine rings is 1. The van der Waals surface area contributed by atoms with Crippen LogP contribution in [0.2, 0.25) is 0 Å². The molecule has 2 aliphatic heterocycles. The normalized spacial score (nSPS) is 29.5. The Morgan fingerprint density at radius 1 is 1.23 bits per heavy atom. The Balaban J connectivity index is 1.49. The van der Waals surface area contributed by atoms with E-state index >= 15 is 0 Å². The highest BCUT2D eigenvalue weighted by molar-refractivity contribution is 5.94. The number of H-pyrrole nitrogens is 1. The minimum absolute atomic E-state index is 0.0143. The number of hydrogen-bond donors (Lipinski definition) is 1. The number of ether oxygens (including phenoxy) is 1. The third-order valence-corrected chi connectivity index (χ3v) is 5.10. The summed E-state index contributed by atoms with van der Waals surface area (Å²) in [7, 11) is 0. The highest BCUT2D eigenvalue weighted by Gasteiger charge is 2.35. The van der Waals surface area contributed by atoms with Crippen LogP contribution in [0.15, 0.2) is 0 Å². The summed E-state index contributed by atoms with van der Waals surface area (Å²) in [5.74, 6) is 0.0780. The standard InChI is InChI=1S/C16H24N4O2/c1-10-9-13-14(11(2)22-10)17-18-15(13)16(21)20-7-5-19(6-8-20)12-3-4-12/h10-12H,3-9H2,1-2H3,(H,17,18)/t10-,11+/m1/s1. The molecule has 0 spiro atoms. The van der Waals surface area contributed by atoms with Crippen molar-refractivity contribution in [1.29, 1.82) is 0 Å². The van der Waals surface area contributed by atoms with E-state index in [0.29, 0.717) is 5.69 Å². The van der Waals surface area contributed by atoms with Crippen molar-refractivity contribution in [3.05, 3.63) is 17.0 Å². The van der Waals surface area contributed by atoms with Gasteiger partial charge in [0.1, 0.15) is 0 Å². The molecule has 6 heteroatoms. The third-order valence-electron chi connectivity index (χ3n) is 5.10. The molecule has 120 valence electrons. The van der Waals surface area contributed by atoms with E-state index in [4.69, 9.17) is 4.74 Å². The SMILES string of the molecule is C[C@@H]1Cc2c(C(=O)N3CCN(C4CC4)CC3)n[nH]c2[C@H](C)O1. The summed E-state index contributed by atoms with van der Waals surface area (Å²) in [4.78, 5) is 17.3. The van der Waals surface area contributed by atoms with Gasteiger partial charge in [0.05, 0.1) is 17.9 Å². The Morgan fingerprint density at radius 3 is 2.64 bits per heavy atom. The summed E-state index contributed by atoms with van der Waals surface area (Å²) >= 11 is 0. The number of carbonyl (C=O) groups excluding carboxylic acids is 1. The van der Waals surface area contributed by atoms with Gasteiger partial charge in [0.15, 0.2) is 5.69 Å². The summed E-state index contributed by atoms with van der Waals surface area (Å²) in [6.45, 7) is 7.69. The predicted molar refractivity (Wildman–Crippen MR) is 81.8 cm³/mol. The maximum atomic E-state index is 12.8.